The lowest BCUT2D eigenvalue weighted by Gasteiger charge is -2.39. The van der Waals surface area contributed by atoms with Gasteiger partial charge in [-0.05, 0) is 91.5 Å². The summed E-state index contributed by atoms with van der Waals surface area (Å²) >= 11 is 0. The van der Waals surface area contributed by atoms with Gasteiger partial charge in [0.15, 0.2) is 11.6 Å². The van der Waals surface area contributed by atoms with E-state index in [0.29, 0.717) is 23.4 Å². The summed E-state index contributed by atoms with van der Waals surface area (Å²) in [6.45, 7) is 0.233. The van der Waals surface area contributed by atoms with Gasteiger partial charge in [-0.2, -0.15) is 0 Å². The minimum absolute atomic E-state index is 0.00325. The molecule has 0 aliphatic heterocycles. The molecule has 0 saturated heterocycles. The van der Waals surface area contributed by atoms with Gasteiger partial charge in [0.25, 0.3) is 5.91 Å². The smallest absolute Gasteiger partial charge is 0.251 e. The van der Waals surface area contributed by atoms with Crippen LogP contribution in [0.5, 0.6) is 5.75 Å². The molecule has 34 heavy (non-hydrogen) atoms. The second kappa shape index (κ2) is 8.53. The normalized spacial score (nSPS) is 25.3. The fraction of sp³-hybridized carbons (Fsp3) is 0.379. The Balaban J connectivity index is 1.28. The number of halogens is 1. The summed E-state index contributed by atoms with van der Waals surface area (Å²) in [7, 11) is 0. The number of carbonyl (C=O) groups excluding carboxylic acids is 1. The molecule has 174 valence electrons. The summed E-state index contributed by atoms with van der Waals surface area (Å²) in [6.07, 6.45) is 8.47. The molecule has 0 radical (unpaired) electrons. The largest absolute Gasteiger partial charge is 0.484 e. The Labute approximate surface area is 199 Å². The van der Waals surface area contributed by atoms with Crippen molar-refractivity contribution < 1.29 is 13.9 Å². The zero-order valence-electron chi connectivity index (χ0n) is 19.2. The minimum Gasteiger partial charge on any atom is -0.484 e. The van der Waals surface area contributed by atoms with Crippen molar-refractivity contribution in [3.63, 3.8) is 0 Å². The number of rotatable bonds is 7. The highest BCUT2D eigenvalue weighted by atomic mass is 19.1. The summed E-state index contributed by atoms with van der Waals surface area (Å²) < 4.78 is 21.0. The number of hydrogen-bond acceptors (Lipinski definition) is 3. The Bertz CT molecular complexity index is 1190. The molecule has 3 aromatic rings. The van der Waals surface area contributed by atoms with E-state index in [2.05, 4.69) is 22.4 Å². The van der Waals surface area contributed by atoms with Gasteiger partial charge in [-0.25, -0.2) is 4.39 Å². The lowest BCUT2D eigenvalue weighted by Crippen LogP contribution is -2.34. The molecule has 0 spiro atoms. The van der Waals surface area contributed by atoms with Gasteiger partial charge in [-0.15, -0.1) is 0 Å². The highest BCUT2D eigenvalue weighted by Gasteiger charge is 2.52. The molecule has 3 saturated carbocycles. The quantitative estimate of drug-likeness (QED) is 0.489. The lowest BCUT2D eigenvalue weighted by atomic mass is 9.64. The van der Waals surface area contributed by atoms with Crippen molar-refractivity contribution in [1.29, 1.82) is 0 Å². The van der Waals surface area contributed by atoms with Crippen LogP contribution < -0.4 is 10.1 Å². The number of hydrogen-bond donors (Lipinski definition) is 1. The van der Waals surface area contributed by atoms with Crippen molar-refractivity contribution in [1.82, 2.24) is 10.3 Å². The van der Waals surface area contributed by atoms with E-state index in [1.54, 1.807) is 18.3 Å². The summed E-state index contributed by atoms with van der Waals surface area (Å²) in [5.74, 6) is 1.07. The highest BCUT2D eigenvalue weighted by molar-refractivity contribution is 5.94. The summed E-state index contributed by atoms with van der Waals surface area (Å²) in [6, 6.07) is 19.5. The predicted molar refractivity (Wildman–Crippen MR) is 128 cm³/mol. The predicted octanol–water partition coefficient (Wildman–Crippen LogP) is 5.80. The first kappa shape index (κ1) is 21.3. The maximum Gasteiger partial charge on any atom is 0.251 e. The van der Waals surface area contributed by atoms with Gasteiger partial charge in [0, 0.05) is 23.2 Å². The second-order valence-electron chi connectivity index (χ2n) is 10.1. The molecule has 3 unspecified atom stereocenters. The molecule has 2 bridgehead atoms. The number of carbonyl (C=O) groups is 1. The number of nitrogens with one attached hydrogen (secondary N) is 1. The highest BCUT2D eigenvalue weighted by Crippen LogP contribution is 2.60. The number of ether oxygens (including phenoxy) is 1. The summed E-state index contributed by atoms with van der Waals surface area (Å²) in [5, 5.41) is 3.06. The molecule has 1 aromatic heterocycles. The van der Waals surface area contributed by atoms with E-state index in [0.717, 1.165) is 36.9 Å². The second-order valence-corrected chi connectivity index (χ2v) is 10.1. The maximum absolute atomic E-state index is 15.2. The van der Waals surface area contributed by atoms with Crippen molar-refractivity contribution in [3.05, 3.63) is 95.1 Å². The average Bonchev–Trinajstić information content (AvgIpc) is 3.44. The molecule has 4 nitrogen and oxygen atoms in total. The van der Waals surface area contributed by atoms with Gasteiger partial charge in [0.2, 0.25) is 0 Å². The average molecular weight is 457 g/mol. The molecule has 3 aliphatic carbocycles. The Morgan fingerprint density at radius 3 is 2.50 bits per heavy atom. The molecule has 3 atom stereocenters. The van der Waals surface area contributed by atoms with Gasteiger partial charge < -0.3 is 10.1 Å². The third-order valence-electron chi connectivity index (χ3n) is 7.97. The molecule has 5 heteroatoms. The van der Waals surface area contributed by atoms with Gasteiger partial charge in [0.05, 0.1) is 5.69 Å². The van der Waals surface area contributed by atoms with E-state index in [1.807, 2.05) is 36.4 Å². The van der Waals surface area contributed by atoms with Crippen LogP contribution in [0, 0.1) is 17.7 Å². The van der Waals surface area contributed by atoms with Gasteiger partial charge in [-0.1, -0.05) is 30.7 Å². The number of benzene rings is 2. The third-order valence-corrected chi connectivity index (χ3v) is 7.97. The van der Waals surface area contributed by atoms with E-state index in [-0.39, 0.29) is 29.5 Å². The van der Waals surface area contributed by atoms with Crippen LogP contribution in [0.4, 0.5) is 4.39 Å². The van der Waals surface area contributed by atoms with Crippen molar-refractivity contribution in [2.45, 2.75) is 56.6 Å². The monoisotopic (exact) mass is 456 g/mol. The van der Waals surface area contributed by atoms with Crippen molar-refractivity contribution in [3.8, 4) is 5.75 Å². The number of aromatic nitrogens is 1. The van der Waals surface area contributed by atoms with Gasteiger partial charge >= 0.3 is 0 Å². The topological polar surface area (TPSA) is 51.2 Å². The molecule has 1 amide bonds. The van der Waals surface area contributed by atoms with Crippen LogP contribution in [0.3, 0.4) is 0 Å². The van der Waals surface area contributed by atoms with E-state index in [1.165, 1.54) is 18.4 Å². The van der Waals surface area contributed by atoms with E-state index in [4.69, 9.17) is 4.74 Å². The van der Waals surface area contributed by atoms with Crippen LogP contribution in [-0.2, 0) is 12.0 Å². The van der Waals surface area contributed by atoms with Crippen LogP contribution in [0.1, 0.15) is 65.7 Å². The first-order chi connectivity index (χ1) is 16.6. The van der Waals surface area contributed by atoms with Crippen LogP contribution in [0.15, 0.2) is 66.9 Å². The van der Waals surface area contributed by atoms with E-state index < -0.39 is 0 Å². The zero-order chi connectivity index (χ0) is 23.1. The fourth-order valence-electron chi connectivity index (χ4n) is 6.15. The Hall–Kier alpha value is -3.21. The van der Waals surface area contributed by atoms with Crippen LogP contribution in [0.25, 0.3) is 0 Å². The Morgan fingerprint density at radius 2 is 1.85 bits per heavy atom. The van der Waals surface area contributed by atoms with Crippen LogP contribution in [-0.4, -0.2) is 16.9 Å². The molecule has 2 aromatic carbocycles. The fourth-order valence-corrected chi connectivity index (χ4v) is 6.15. The molecule has 3 fully saturated rings. The van der Waals surface area contributed by atoms with E-state index in [9.17, 15) is 4.79 Å². The summed E-state index contributed by atoms with van der Waals surface area (Å²) in [5.41, 5.74) is 3.44. The molecule has 1 N–H and O–H groups in total. The molecule has 1 heterocycles. The van der Waals surface area contributed by atoms with Crippen molar-refractivity contribution >= 4 is 5.91 Å². The van der Waals surface area contributed by atoms with Gasteiger partial charge in [-0.3, -0.25) is 9.78 Å². The molecule has 3 aliphatic rings. The number of amides is 1. The van der Waals surface area contributed by atoms with E-state index >= 15 is 4.39 Å². The molecular weight excluding hydrogens is 427 g/mol. The first-order valence-corrected chi connectivity index (χ1v) is 12.4. The third kappa shape index (κ3) is 3.87. The van der Waals surface area contributed by atoms with Crippen molar-refractivity contribution in [2.24, 2.45) is 11.8 Å². The lowest BCUT2D eigenvalue weighted by molar-refractivity contribution is 0.0951. The van der Waals surface area contributed by atoms with Gasteiger partial charge in [0.1, 0.15) is 6.61 Å². The summed E-state index contributed by atoms with van der Waals surface area (Å²) in [4.78, 5) is 16.7. The zero-order valence-corrected chi connectivity index (χ0v) is 19.2. The number of pyridine rings is 1. The first-order valence-electron chi connectivity index (χ1n) is 12.4. The number of nitrogens with zero attached hydrogens (tertiary/aromatic N) is 1. The Morgan fingerprint density at radius 1 is 1.03 bits per heavy atom. The number of fused-ring (bicyclic) bond motifs is 2. The Kier molecular flexibility index (Phi) is 5.35. The van der Waals surface area contributed by atoms with Crippen LogP contribution >= 0.6 is 0 Å². The van der Waals surface area contributed by atoms with Crippen LogP contribution in [0.2, 0.25) is 0 Å². The van der Waals surface area contributed by atoms with Crippen molar-refractivity contribution in [2.75, 3.05) is 0 Å². The SMILES string of the molecule is O=C(NC1CC1)c1ccc(C2(c3ccc(OCc4ccccn4)c(F)c3)CC3CCC2C3)cc1. The minimum atomic E-state index is -0.337. The maximum atomic E-state index is 15.2. The molecule has 6 rings (SSSR count). The molecular formula is C29H29FN2O2. The standard InChI is InChI=1S/C29H29FN2O2/c30-26-16-23(10-13-27(26)34-18-25-3-1-2-14-31-25)29(17-19-4-7-22(29)15-19)21-8-5-20(6-9-21)28(33)32-24-11-12-24/h1-3,5-6,8-10,13-14,16,19,22,24H,4,7,11-12,15,17-18H2,(H,32,33).